The van der Waals surface area contributed by atoms with Gasteiger partial charge in [0.05, 0.1) is 30.9 Å². The van der Waals surface area contributed by atoms with Gasteiger partial charge >= 0.3 is 11.9 Å². The number of amides is 3. The highest BCUT2D eigenvalue weighted by Crippen LogP contribution is 2.34. The van der Waals surface area contributed by atoms with E-state index in [1.165, 1.54) is 40.2 Å². The third-order valence-corrected chi connectivity index (χ3v) is 5.92. The van der Waals surface area contributed by atoms with Gasteiger partial charge in [-0.2, -0.15) is 0 Å². The van der Waals surface area contributed by atoms with Gasteiger partial charge in [-0.1, -0.05) is 12.1 Å². The Bertz CT molecular complexity index is 1050. The summed E-state index contributed by atoms with van der Waals surface area (Å²) in [5.74, 6) is -3.28. The summed E-state index contributed by atoms with van der Waals surface area (Å²) in [7, 11) is 2.37. The van der Waals surface area contributed by atoms with Gasteiger partial charge in [-0.15, -0.1) is 11.3 Å². The van der Waals surface area contributed by atoms with Gasteiger partial charge in [0.1, 0.15) is 15.9 Å². The number of ether oxygens (including phenoxy) is 2. The second kappa shape index (κ2) is 8.07. The van der Waals surface area contributed by atoms with Crippen LogP contribution in [0.2, 0.25) is 0 Å². The Hall–Kier alpha value is -3.53. The fourth-order valence-electron chi connectivity index (χ4n) is 3.13. The number of hydrogen-bond donors (Lipinski definition) is 1. The van der Waals surface area contributed by atoms with E-state index in [1.54, 1.807) is 12.1 Å². The first-order chi connectivity index (χ1) is 14.2. The largest absolute Gasteiger partial charge is 0.465 e. The van der Waals surface area contributed by atoms with Crippen molar-refractivity contribution >= 4 is 46.0 Å². The maximum absolute atomic E-state index is 12.8. The third-order valence-electron chi connectivity index (χ3n) is 4.74. The lowest BCUT2D eigenvalue weighted by molar-refractivity contribution is -0.119. The Morgan fingerprint density at radius 1 is 1.00 bits per heavy atom. The third kappa shape index (κ3) is 3.35. The number of thiophene rings is 1. The Morgan fingerprint density at radius 3 is 2.03 bits per heavy atom. The molecule has 0 radical (unpaired) electrons. The molecule has 2 heterocycles. The molecule has 1 aliphatic rings. The molecule has 0 saturated carbocycles. The summed E-state index contributed by atoms with van der Waals surface area (Å²) in [6, 6.07) is 5.13. The summed E-state index contributed by atoms with van der Waals surface area (Å²) in [5, 5.41) is 2.60. The first-order valence-corrected chi connectivity index (χ1v) is 9.62. The number of benzene rings is 1. The molecule has 1 aliphatic heterocycles. The van der Waals surface area contributed by atoms with Crippen LogP contribution < -0.4 is 5.32 Å². The number of carbonyl (C=O) groups excluding carboxylic acids is 5. The van der Waals surface area contributed by atoms with Gasteiger partial charge in [-0.05, 0) is 31.5 Å². The standard InChI is InChI=1S/C20H18N2O7S/c1-9-13(19(26)28-3)16(30-14(9)20(27)29-4)21-15(23)10(2)22-17(24)11-7-5-6-8-12(11)18(22)25/h5-8,10H,1-4H3,(H,21,23). The number of nitrogens with one attached hydrogen (secondary N) is 1. The first kappa shape index (κ1) is 21.2. The predicted molar refractivity (Wildman–Crippen MR) is 107 cm³/mol. The Balaban J connectivity index is 1.91. The molecule has 0 saturated heterocycles. The average molecular weight is 430 g/mol. The van der Waals surface area contributed by atoms with Crippen molar-refractivity contribution in [2.75, 3.05) is 19.5 Å². The minimum absolute atomic E-state index is 0.00538. The quantitative estimate of drug-likeness (QED) is 0.571. The molecule has 9 nitrogen and oxygen atoms in total. The van der Waals surface area contributed by atoms with Gasteiger partial charge in [-0.3, -0.25) is 19.3 Å². The summed E-state index contributed by atoms with van der Waals surface area (Å²) >= 11 is 0.844. The molecule has 156 valence electrons. The Labute approximate surface area is 175 Å². The van der Waals surface area contributed by atoms with Crippen LogP contribution in [-0.2, 0) is 14.3 Å². The molecular weight excluding hydrogens is 412 g/mol. The fourth-order valence-corrected chi connectivity index (χ4v) is 4.25. The Kier molecular flexibility index (Phi) is 5.70. The minimum atomic E-state index is -1.16. The lowest BCUT2D eigenvalue weighted by Crippen LogP contribution is -2.45. The molecule has 10 heteroatoms. The zero-order chi connectivity index (χ0) is 22.2. The number of anilines is 1. The molecule has 0 fully saturated rings. The monoisotopic (exact) mass is 430 g/mol. The number of methoxy groups -OCH3 is 2. The van der Waals surface area contributed by atoms with Crippen molar-refractivity contribution in [1.82, 2.24) is 4.90 Å². The van der Waals surface area contributed by atoms with Gasteiger partial charge in [-0.25, -0.2) is 9.59 Å². The van der Waals surface area contributed by atoms with Crippen molar-refractivity contribution in [3.8, 4) is 0 Å². The lowest BCUT2D eigenvalue weighted by Gasteiger charge is -2.21. The van der Waals surface area contributed by atoms with Crippen LogP contribution in [0, 0.1) is 6.92 Å². The van der Waals surface area contributed by atoms with E-state index in [0.717, 1.165) is 16.2 Å². The number of nitrogens with zero attached hydrogens (tertiary/aromatic N) is 1. The highest BCUT2D eigenvalue weighted by molar-refractivity contribution is 7.18. The van der Waals surface area contributed by atoms with E-state index in [4.69, 9.17) is 9.47 Å². The second-order valence-electron chi connectivity index (χ2n) is 6.43. The molecule has 1 aromatic heterocycles. The van der Waals surface area contributed by atoms with Crippen molar-refractivity contribution in [1.29, 1.82) is 0 Å². The molecule has 1 atom stereocenters. The van der Waals surface area contributed by atoms with Crippen molar-refractivity contribution < 1.29 is 33.4 Å². The highest BCUT2D eigenvalue weighted by Gasteiger charge is 2.41. The van der Waals surface area contributed by atoms with Crippen LogP contribution in [0.3, 0.4) is 0 Å². The summed E-state index contributed by atoms with van der Waals surface area (Å²) in [6.45, 7) is 2.93. The normalized spacial score (nSPS) is 13.7. The van der Waals surface area contributed by atoms with Gasteiger partial charge in [0.15, 0.2) is 0 Å². The number of rotatable bonds is 5. The highest BCUT2D eigenvalue weighted by atomic mass is 32.1. The summed E-state index contributed by atoms with van der Waals surface area (Å²) in [6.07, 6.45) is 0. The SMILES string of the molecule is COC(=O)c1sc(NC(=O)C(C)N2C(=O)c3ccccc3C2=O)c(C(=O)OC)c1C. The summed E-state index contributed by atoms with van der Waals surface area (Å²) < 4.78 is 9.45. The van der Waals surface area contributed by atoms with Crippen molar-refractivity contribution in [3.05, 3.63) is 51.4 Å². The molecule has 0 bridgehead atoms. The van der Waals surface area contributed by atoms with E-state index in [1.807, 2.05) is 0 Å². The maximum atomic E-state index is 12.8. The van der Waals surface area contributed by atoms with E-state index in [9.17, 15) is 24.0 Å². The van der Waals surface area contributed by atoms with Crippen LogP contribution in [0.4, 0.5) is 5.00 Å². The van der Waals surface area contributed by atoms with Crippen molar-refractivity contribution in [3.63, 3.8) is 0 Å². The van der Waals surface area contributed by atoms with Crippen molar-refractivity contribution in [2.24, 2.45) is 0 Å². The van der Waals surface area contributed by atoms with Crippen LogP contribution in [0.5, 0.6) is 0 Å². The Morgan fingerprint density at radius 2 is 1.53 bits per heavy atom. The number of esters is 2. The fraction of sp³-hybridized carbons (Fsp3) is 0.250. The zero-order valence-electron chi connectivity index (χ0n) is 16.6. The molecule has 1 unspecified atom stereocenters. The second-order valence-corrected chi connectivity index (χ2v) is 7.46. The topological polar surface area (TPSA) is 119 Å². The van der Waals surface area contributed by atoms with Crippen LogP contribution in [0.25, 0.3) is 0 Å². The zero-order valence-corrected chi connectivity index (χ0v) is 17.4. The molecule has 30 heavy (non-hydrogen) atoms. The maximum Gasteiger partial charge on any atom is 0.348 e. The van der Waals surface area contributed by atoms with E-state index < -0.39 is 35.7 Å². The molecule has 3 rings (SSSR count). The van der Waals surface area contributed by atoms with Gasteiger partial charge < -0.3 is 14.8 Å². The van der Waals surface area contributed by atoms with Crippen molar-refractivity contribution in [2.45, 2.75) is 19.9 Å². The molecule has 2 aromatic rings. The molecule has 1 aromatic carbocycles. The first-order valence-electron chi connectivity index (χ1n) is 8.80. The molecule has 3 amide bonds. The van der Waals surface area contributed by atoms with E-state index >= 15 is 0 Å². The minimum Gasteiger partial charge on any atom is -0.465 e. The number of hydrogen-bond acceptors (Lipinski definition) is 8. The molecule has 0 aliphatic carbocycles. The summed E-state index contributed by atoms with van der Waals surface area (Å²) in [5.41, 5.74) is 0.739. The van der Waals surface area contributed by atoms with E-state index in [-0.39, 0.29) is 26.6 Å². The lowest BCUT2D eigenvalue weighted by atomic mass is 10.1. The van der Waals surface area contributed by atoms with Crippen LogP contribution in [-0.4, -0.2) is 54.8 Å². The smallest absolute Gasteiger partial charge is 0.348 e. The number of imide groups is 1. The van der Waals surface area contributed by atoms with Crippen LogP contribution in [0.15, 0.2) is 24.3 Å². The van der Waals surface area contributed by atoms with E-state index in [0.29, 0.717) is 5.56 Å². The van der Waals surface area contributed by atoms with E-state index in [2.05, 4.69) is 5.32 Å². The van der Waals surface area contributed by atoms with Gasteiger partial charge in [0.25, 0.3) is 11.8 Å². The van der Waals surface area contributed by atoms with Gasteiger partial charge in [0.2, 0.25) is 5.91 Å². The average Bonchev–Trinajstić information content (AvgIpc) is 3.20. The molecule has 1 N–H and O–H groups in total. The molecule has 0 spiro atoms. The van der Waals surface area contributed by atoms with Crippen LogP contribution >= 0.6 is 11.3 Å². The van der Waals surface area contributed by atoms with Crippen LogP contribution in [0.1, 0.15) is 53.2 Å². The molecular formula is C20H18N2O7S. The van der Waals surface area contributed by atoms with Gasteiger partial charge in [0, 0.05) is 0 Å². The summed E-state index contributed by atoms with van der Waals surface area (Å²) in [4.78, 5) is 63.2. The predicted octanol–water partition coefficient (Wildman–Crippen LogP) is 2.25. The number of fused-ring (bicyclic) bond motifs is 1. The number of carbonyl (C=O) groups is 5.